The van der Waals surface area contributed by atoms with Crippen LogP contribution in [0, 0.1) is 17.8 Å². The zero-order chi connectivity index (χ0) is 20.2. The average Bonchev–Trinajstić information content (AvgIpc) is 3.41. The lowest BCUT2D eigenvalue weighted by atomic mass is 9.83. The van der Waals surface area contributed by atoms with Crippen LogP contribution in [-0.2, 0) is 19.6 Å². The minimum Gasteiger partial charge on any atom is -0.468 e. The Bertz CT molecular complexity index is 955. The van der Waals surface area contributed by atoms with Crippen molar-refractivity contribution in [2.24, 2.45) is 17.8 Å². The van der Waals surface area contributed by atoms with Crippen molar-refractivity contribution in [3.8, 4) is 0 Å². The number of nitrogens with zero attached hydrogens (tertiary/aromatic N) is 3. The summed E-state index contributed by atoms with van der Waals surface area (Å²) in [6.07, 6.45) is 4.69. The van der Waals surface area contributed by atoms with Crippen LogP contribution >= 0.6 is 0 Å². The lowest BCUT2D eigenvalue weighted by Crippen LogP contribution is -2.47. The van der Waals surface area contributed by atoms with E-state index in [-0.39, 0.29) is 11.7 Å². The number of fused-ring (bicyclic) bond motifs is 5. The zero-order valence-electron chi connectivity index (χ0n) is 17.4. The van der Waals surface area contributed by atoms with Gasteiger partial charge in [0, 0.05) is 56.4 Å². The van der Waals surface area contributed by atoms with Gasteiger partial charge in [-0.1, -0.05) is 6.07 Å². The first-order valence-electron chi connectivity index (χ1n) is 11.5. The predicted octanol–water partition coefficient (Wildman–Crippen LogP) is 2.26. The van der Waals surface area contributed by atoms with E-state index >= 15 is 0 Å². The number of likely N-dealkylation sites (tertiary alicyclic amines) is 2. The van der Waals surface area contributed by atoms with E-state index < -0.39 is 0 Å². The highest BCUT2D eigenvalue weighted by Gasteiger charge is 2.40. The van der Waals surface area contributed by atoms with Gasteiger partial charge in [-0.3, -0.25) is 14.6 Å². The molecular weight excluding hydrogens is 378 g/mol. The standard InChI is InChI=1S/C24H31N3O3/c28-21-7-18-12-26(13-19(18)8-21)11-17-3-4-23-20-6-16(10-27(23)24(17)29)9-25(14-20)15-22-2-1-5-30-22/h1-5,16,18-21,28H,6-15H2/t16-,18-,19+,20+,21?/m0/s1. The van der Waals surface area contributed by atoms with Crippen molar-refractivity contribution < 1.29 is 9.52 Å². The number of rotatable bonds is 4. The Hall–Kier alpha value is -1.89. The summed E-state index contributed by atoms with van der Waals surface area (Å²) in [5.74, 6) is 3.21. The third-order valence-electron chi connectivity index (χ3n) is 7.91. The van der Waals surface area contributed by atoms with Crippen molar-refractivity contribution in [1.82, 2.24) is 14.4 Å². The van der Waals surface area contributed by atoms with Crippen molar-refractivity contribution in [2.45, 2.75) is 50.9 Å². The van der Waals surface area contributed by atoms with Gasteiger partial charge in [0.2, 0.25) is 0 Å². The number of pyridine rings is 1. The molecule has 160 valence electrons. The number of furan rings is 1. The molecule has 0 amide bonds. The van der Waals surface area contributed by atoms with Crippen LogP contribution in [0.25, 0.3) is 0 Å². The van der Waals surface area contributed by atoms with Crippen LogP contribution in [0.2, 0.25) is 0 Å². The Balaban J connectivity index is 1.18. The highest BCUT2D eigenvalue weighted by atomic mass is 16.3. The molecule has 1 unspecified atom stereocenters. The normalized spacial score (nSPS) is 33.6. The van der Waals surface area contributed by atoms with Crippen LogP contribution in [0.4, 0.5) is 0 Å². The van der Waals surface area contributed by atoms with Gasteiger partial charge in [-0.05, 0) is 55.2 Å². The van der Waals surface area contributed by atoms with Gasteiger partial charge >= 0.3 is 0 Å². The van der Waals surface area contributed by atoms with Crippen molar-refractivity contribution in [2.75, 3.05) is 26.2 Å². The van der Waals surface area contributed by atoms with E-state index in [1.807, 2.05) is 12.1 Å². The molecule has 6 heteroatoms. The van der Waals surface area contributed by atoms with Gasteiger partial charge in [-0.15, -0.1) is 0 Å². The second-order valence-corrected chi connectivity index (χ2v) is 10.1. The smallest absolute Gasteiger partial charge is 0.255 e. The molecule has 1 aliphatic carbocycles. The topological polar surface area (TPSA) is 61.9 Å². The quantitative estimate of drug-likeness (QED) is 0.839. The first kappa shape index (κ1) is 18.8. The third kappa shape index (κ3) is 3.35. The first-order valence-corrected chi connectivity index (χ1v) is 11.5. The summed E-state index contributed by atoms with van der Waals surface area (Å²) < 4.78 is 7.63. The van der Waals surface area contributed by atoms with Gasteiger partial charge in [0.25, 0.3) is 5.56 Å². The summed E-state index contributed by atoms with van der Waals surface area (Å²) >= 11 is 0. The average molecular weight is 410 g/mol. The van der Waals surface area contributed by atoms with Gasteiger partial charge in [-0.25, -0.2) is 0 Å². The SMILES string of the molecule is O=c1c(CN2C[C@H]3CC(O)C[C@H]3C2)ccc2n1C[C@H]1C[C@@H]2CN(Cc2ccco2)C1. The van der Waals surface area contributed by atoms with E-state index in [0.717, 1.165) is 70.0 Å². The van der Waals surface area contributed by atoms with E-state index in [9.17, 15) is 9.90 Å². The summed E-state index contributed by atoms with van der Waals surface area (Å²) in [4.78, 5) is 18.2. The van der Waals surface area contributed by atoms with Crippen molar-refractivity contribution >= 4 is 0 Å². The largest absolute Gasteiger partial charge is 0.468 e. The third-order valence-corrected chi connectivity index (χ3v) is 7.91. The predicted molar refractivity (Wildman–Crippen MR) is 113 cm³/mol. The highest BCUT2D eigenvalue weighted by Crippen LogP contribution is 2.39. The molecule has 2 aromatic heterocycles. The van der Waals surface area contributed by atoms with E-state index in [2.05, 4.69) is 26.5 Å². The number of hydrogen-bond acceptors (Lipinski definition) is 5. The second-order valence-electron chi connectivity index (χ2n) is 10.1. The molecule has 2 bridgehead atoms. The Morgan fingerprint density at radius 2 is 1.73 bits per heavy atom. The molecule has 1 saturated carbocycles. The Morgan fingerprint density at radius 3 is 2.50 bits per heavy atom. The number of aromatic nitrogens is 1. The van der Waals surface area contributed by atoms with Crippen molar-refractivity contribution in [3.05, 3.63) is 57.9 Å². The second kappa shape index (κ2) is 7.36. The molecule has 30 heavy (non-hydrogen) atoms. The maximum atomic E-state index is 13.3. The van der Waals surface area contributed by atoms with E-state index in [1.165, 1.54) is 12.1 Å². The van der Waals surface area contributed by atoms with Crippen molar-refractivity contribution in [1.29, 1.82) is 0 Å². The minimum absolute atomic E-state index is 0.108. The van der Waals surface area contributed by atoms with Gasteiger partial charge in [-0.2, -0.15) is 0 Å². The highest BCUT2D eigenvalue weighted by molar-refractivity contribution is 5.23. The molecule has 5 atom stereocenters. The van der Waals surface area contributed by atoms with Crippen molar-refractivity contribution in [3.63, 3.8) is 0 Å². The molecule has 3 fully saturated rings. The molecule has 0 spiro atoms. The molecule has 2 saturated heterocycles. The molecule has 6 nitrogen and oxygen atoms in total. The fourth-order valence-electron chi connectivity index (χ4n) is 6.70. The molecular formula is C24H31N3O3. The van der Waals surface area contributed by atoms with Gasteiger partial charge in [0.1, 0.15) is 5.76 Å². The molecule has 5 heterocycles. The number of piperidine rings is 1. The first-order chi connectivity index (χ1) is 14.6. The molecule has 2 aromatic rings. The Morgan fingerprint density at radius 1 is 0.933 bits per heavy atom. The minimum atomic E-state index is -0.108. The fourth-order valence-corrected chi connectivity index (χ4v) is 6.70. The summed E-state index contributed by atoms with van der Waals surface area (Å²) in [5, 5.41) is 9.88. The lowest BCUT2D eigenvalue weighted by molar-refractivity contribution is 0.107. The van der Waals surface area contributed by atoms with Gasteiger partial charge in [0.05, 0.1) is 18.9 Å². The molecule has 1 N–H and O–H groups in total. The van der Waals surface area contributed by atoms with Crippen LogP contribution in [0.15, 0.2) is 39.7 Å². The monoisotopic (exact) mass is 409 g/mol. The zero-order valence-corrected chi connectivity index (χ0v) is 17.4. The van der Waals surface area contributed by atoms with Gasteiger partial charge < -0.3 is 14.1 Å². The van der Waals surface area contributed by atoms with Crippen LogP contribution in [0.1, 0.15) is 42.2 Å². The van der Waals surface area contributed by atoms with Crippen LogP contribution in [0.3, 0.4) is 0 Å². The van der Waals surface area contributed by atoms with Crippen LogP contribution < -0.4 is 5.56 Å². The van der Waals surface area contributed by atoms with E-state index in [4.69, 9.17) is 4.42 Å². The van der Waals surface area contributed by atoms with E-state index in [0.29, 0.717) is 23.7 Å². The van der Waals surface area contributed by atoms with Gasteiger partial charge in [0.15, 0.2) is 0 Å². The molecule has 4 aliphatic rings. The summed E-state index contributed by atoms with van der Waals surface area (Å²) in [7, 11) is 0. The molecule has 3 aliphatic heterocycles. The summed E-state index contributed by atoms with van der Waals surface area (Å²) in [5.41, 5.74) is 2.37. The van der Waals surface area contributed by atoms with Crippen LogP contribution in [0.5, 0.6) is 0 Å². The lowest BCUT2D eigenvalue weighted by Gasteiger charge is -2.42. The maximum Gasteiger partial charge on any atom is 0.255 e. The van der Waals surface area contributed by atoms with Crippen LogP contribution in [-0.4, -0.2) is 51.8 Å². The molecule has 6 rings (SSSR count). The summed E-state index contributed by atoms with van der Waals surface area (Å²) in [6.45, 7) is 6.52. The Kier molecular flexibility index (Phi) is 4.62. The Labute approximate surface area is 177 Å². The number of aliphatic hydroxyl groups is 1. The summed E-state index contributed by atoms with van der Waals surface area (Å²) in [6, 6.07) is 8.30. The maximum absolute atomic E-state index is 13.3. The number of aliphatic hydroxyl groups excluding tert-OH is 1. The molecule has 0 radical (unpaired) electrons. The fraction of sp³-hybridized carbons (Fsp3) is 0.625. The molecule has 0 aromatic carbocycles. The number of hydrogen-bond donors (Lipinski definition) is 1. The van der Waals surface area contributed by atoms with E-state index in [1.54, 1.807) is 6.26 Å².